The topological polar surface area (TPSA) is 97.3 Å². The molecule has 0 radical (unpaired) electrons. The predicted molar refractivity (Wildman–Crippen MR) is 104 cm³/mol. The van der Waals surface area contributed by atoms with Crippen LogP contribution in [0.3, 0.4) is 0 Å². The van der Waals surface area contributed by atoms with Gasteiger partial charge in [-0.15, -0.1) is 5.10 Å². The summed E-state index contributed by atoms with van der Waals surface area (Å²) >= 11 is 0. The Labute approximate surface area is 171 Å². The molecular formula is C21H17N5O4. The molecule has 2 aliphatic rings. The number of rotatable bonds is 3. The fourth-order valence-electron chi connectivity index (χ4n) is 3.63. The maximum atomic E-state index is 6.08. The van der Waals surface area contributed by atoms with Gasteiger partial charge in [-0.2, -0.15) is 4.98 Å². The largest absolute Gasteiger partial charge is 0.454 e. The van der Waals surface area contributed by atoms with Crippen molar-refractivity contribution < 1.29 is 18.7 Å². The Balaban J connectivity index is 1.27. The summed E-state index contributed by atoms with van der Waals surface area (Å²) in [7, 11) is 0. The van der Waals surface area contributed by atoms with E-state index < -0.39 is 0 Å². The Morgan fingerprint density at radius 1 is 1.03 bits per heavy atom. The molecule has 0 unspecified atom stereocenters. The monoisotopic (exact) mass is 403 g/mol. The summed E-state index contributed by atoms with van der Waals surface area (Å²) in [5.74, 6) is 2.11. The molecule has 4 heterocycles. The summed E-state index contributed by atoms with van der Waals surface area (Å²) in [6, 6.07) is 13.8. The highest BCUT2D eigenvalue weighted by molar-refractivity contribution is 5.62. The molecule has 0 bridgehead atoms. The van der Waals surface area contributed by atoms with Crippen molar-refractivity contribution in [1.29, 1.82) is 0 Å². The zero-order chi connectivity index (χ0) is 20.1. The van der Waals surface area contributed by atoms with E-state index in [1.807, 2.05) is 22.9 Å². The van der Waals surface area contributed by atoms with Crippen LogP contribution in [-0.4, -0.2) is 31.9 Å². The minimum absolute atomic E-state index is 0.0675. The molecule has 9 nitrogen and oxygen atoms in total. The highest BCUT2D eigenvalue weighted by Gasteiger charge is 2.28. The van der Waals surface area contributed by atoms with Gasteiger partial charge in [-0.1, -0.05) is 40.2 Å². The lowest BCUT2D eigenvalue weighted by atomic mass is 10.1. The summed E-state index contributed by atoms with van der Waals surface area (Å²) in [5, 5.41) is 12.7. The fraction of sp³-hybridized carbons (Fsp3) is 0.238. The van der Waals surface area contributed by atoms with E-state index in [1.165, 1.54) is 5.56 Å². The van der Waals surface area contributed by atoms with Crippen LogP contribution in [0.2, 0.25) is 0 Å². The normalized spacial score (nSPS) is 17.2. The first-order valence-corrected chi connectivity index (χ1v) is 9.59. The lowest BCUT2D eigenvalue weighted by Crippen LogP contribution is -2.22. The van der Waals surface area contributed by atoms with E-state index in [4.69, 9.17) is 18.7 Å². The van der Waals surface area contributed by atoms with Crippen molar-refractivity contribution in [2.75, 3.05) is 6.79 Å². The molecule has 0 saturated heterocycles. The Bertz CT molecular complexity index is 1230. The molecule has 150 valence electrons. The van der Waals surface area contributed by atoms with E-state index in [0.717, 1.165) is 16.8 Å². The summed E-state index contributed by atoms with van der Waals surface area (Å²) in [5.41, 5.74) is 4.47. The number of aromatic nitrogens is 5. The molecule has 0 saturated carbocycles. The summed E-state index contributed by atoms with van der Waals surface area (Å²) in [6.07, 6.45) is -0.0675. The van der Waals surface area contributed by atoms with Crippen molar-refractivity contribution >= 4 is 0 Å². The van der Waals surface area contributed by atoms with Crippen molar-refractivity contribution in [2.24, 2.45) is 0 Å². The van der Waals surface area contributed by atoms with Gasteiger partial charge in [0.05, 0.1) is 18.8 Å². The van der Waals surface area contributed by atoms with Crippen LogP contribution in [0.25, 0.3) is 23.0 Å². The van der Waals surface area contributed by atoms with E-state index >= 15 is 0 Å². The van der Waals surface area contributed by atoms with Crippen LogP contribution >= 0.6 is 0 Å². The minimum atomic E-state index is -0.0675. The van der Waals surface area contributed by atoms with Gasteiger partial charge in [0.2, 0.25) is 12.6 Å². The molecule has 1 atom stereocenters. The van der Waals surface area contributed by atoms with Crippen LogP contribution in [0.4, 0.5) is 0 Å². The standard InChI is InChI=1S/C21H17N5O4/c1-12-2-4-13(5-3-12)18-9-26-15(10-27-18)19(23-25-26)20-22-21(30-24-20)14-6-7-16-17(8-14)29-11-28-16/h2-8,18H,9-11H2,1H3/t18-/m0/s1. The first kappa shape index (κ1) is 17.2. The van der Waals surface area contributed by atoms with Crippen LogP contribution in [0, 0.1) is 6.92 Å². The third kappa shape index (κ3) is 2.82. The number of aryl methyl sites for hydroxylation is 1. The molecule has 0 spiro atoms. The number of nitrogens with zero attached hydrogens (tertiary/aromatic N) is 5. The van der Waals surface area contributed by atoms with Gasteiger partial charge in [-0.05, 0) is 30.7 Å². The van der Waals surface area contributed by atoms with Gasteiger partial charge in [0.25, 0.3) is 5.89 Å². The van der Waals surface area contributed by atoms with Crippen molar-refractivity contribution in [3.05, 3.63) is 59.3 Å². The lowest BCUT2D eigenvalue weighted by Gasteiger charge is -2.24. The lowest BCUT2D eigenvalue weighted by molar-refractivity contribution is -0.00112. The predicted octanol–water partition coefficient (Wildman–Crippen LogP) is 3.30. The van der Waals surface area contributed by atoms with Crippen LogP contribution in [0.5, 0.6) is 11.5 Å². The highest BCUT2D eigenvalue weighted by Crippen LogP contribution is 2.36. The molecule has 6 rings (SSSR count). The third-order valence-electron chi connectivity index (χ3n) is 5.30. The molecule has 0 aliphatic carbocycles. The van der Waals surface area contributed by atoms with Crippen LogP contribution < -0.4 is 9.47 Å². The highest BCUT2D eigenvalue weighted by atomic mass is 16.7. The zero-order valence-corrected chi connectivity index (χ0v) is 16.1. The number of hydrogen-bond donors (Lipinski definition) is 0. The van der Waals surface area contributed by atoms with Gasteiger partial charge >= 0.3 is 0 Å². The molecule has 0 amide bonds. The van der Waals surface area contributed by atoms with Crippen LogP contribution in [0.15, 0.2) is 47.0 Å². The van der Waals surface area contributed by atoms with E-state index in [-0.39, 0.29) is 12.9 Å². The van der Waals surface area contributed by atoms with E-state index in [1.54, 1.807) is 0 Å². The molecule has 2 aromatic heterocycles. The van der Waals surface area contributed by atoms with Gasteiger partial charge in [-0.25, -0.2) is 4.68 Å². The third-order valence-corrected chi connectivity index (χ3v) is 5.30. The molecular weight excluding hydrogens is 386 g/mol. The van der Waals surface area contributed by atoms with Gasteiger partial charge in [0.15, 0.2) is 17.2 Å². The average Bonchev–Trinajstić information content (AvgIpc) is 3.51. The Morgan fingerprint density at radius 3 is 2.80 bits per heavy atom. The van der Waals surface area contributed by atoms with Gasteiger partial charge < -0.3 is 18.7 Å². The quantitative estimate of drug-likeness (QED) is 0.514. The number of ether oxygens (including phenoxy) is 3. The van der Waals surface area contributed by atoms with Crippen molar-refractivity contribution in [3.8, 4) is 34.5 Å². The molecule has 30 heavy (non-hydrogen) atoms. The Morgan fingerprint density at radius 2 is 1.90 bits per heavy atom. The number of fused-ring (bicyclic) bond motifs is 2. The van der Waals surface area contributed by atoms with Crippen molar-refractivity contribution in [1.82, 2.24) is 25.1 Å². The zero-order valence-electron chi connectivity index (χ0n) is 16.1. The molecule has 0 fully saturated rings. The smallest absolute Gasteiger partial charge is 0.258 e. The molecule has 2 aromatic carbocycles. The molecule has 4 aromatic rings. The summed E-state index contributed by atoms with van der Waals surface area (Å²) in [4.78, 5) is 4.50. The van der Waals surface area contributed by atoms with Gasteiger partial charge in [-0.3, -0.25) is 0 Å². The molecule has 0 N–H and O–H groups in total. The Hall–Kier alpha value is -3.72. The summed E-state index contributed by atoms with van der Waals surface area (Å²) in [6.45, 7) is 3.23. The first-order valence-electron chi connectivity index (χ1n) is 9.59. The molecule has 9 heteroatoms. The summed E-state index contributed by atoms with van der Waals surface area (Å²) < 4.78 is 24.1. The maximum Gasteiger partial charge on any atom is 0.258 e. The number of benzene rings is 2. The average molecular weight is 403 g/mol. The van der Waals surface area contributed by atoms with Crippen molar-refractivity contribution in [3.63, 3.8) is 0 Å². The van der Waals surface area contributed by atoms with E-state index in [9.17, 15) is 0 Å². The van der Waals surface area contributed by atoms with E-state index in [0.29, 0.717) is 42.1 Å². The maximum absolute atomic E-state index is 6.08. The molecule has 2 aliphatic heterocycles. The fourth-order valence-corrected chi connectivity index (χ4v) is 3.63. The minimum Gasteiger partial charge on any atom is -0.454 e. The van der Waals surface area contributed by atoms with Gasteiger partial charge in [0.1, 0.15) is 6.10 Å². The van der Waals surface area contributed by atoms with Gasteiger partial charge in [0, 0.05) is 5.56 Å². The Kier molecular flexibility index (Phi) is 3.81. The second-order valence-electron chi connectivity index (χ2n) is 7.27. The second kappa shape index (κ2) is 6.67. The number of hydrogen-bond acceptors (Lipinski definition) is 8. The second-order valence-corrected chi connectivity index (χ2v) is 7.27. The SMILES string of the molecule is Cc1ccc([C@@H]2Cn3nnc(-c4noc(-c5ccc6c(c5)OCO6)n4)c3CO2)cc1. The van der Waals surface area contributed by atoms with Crippen molar-refractivity contribution in [2.45, 2.75) is 26.2 Å². The van der Waals surface area contributed by atoms with E-state index in [2.05, 4.69) is 51.6 Å². The van der Waals surface area contributed by atoms with Crippen LogP contribution in [-0.2, 0) is 17.9 Å². The first-order chi connectivity index (χ1) is 14.7. The van der Waals surface area contributed by atoms with Crippen LogP contribution in [0.1, 0.15) is 22.9 Å².